The summed E-state index contributed by atoms with van der Waals surface area (Å²) in [5.74, 6) is 0. The molecule has 1 atom stereocenters. The van der Waals surface area contributed by atoms with E-state index in [1.165, 1.54) is 37.8 Å². The quantitative estimate of drug-likeness (QED) is 0.810. The number of aryl methyl sites for hydroxylation is 2. The highest BCUT2D eigenvalue weighted by Crippen LogP contribution is 2.24. The molecule has 2 rings (SSSR count). The Bertz CT molecular complexity index is 386. The van der Waals surface area contributed by atoms with Gasteiger partial charge in [0.15, 0.2) is 0 Å². The van der Waals surface area contributed by atoms with Gasteiger partial charge in [-0.05, 0) is 33.2 Å². The summed E-state index contributed by atoms with van der Waals surface area (Å²) >= 11 is 6.30. The Morgan fingerprint density at radius 1 is 1.35 bits per heavy atom. The van der Waals surface area contributed by atoms with Gasteiger partial charge in [0, 0.05) is 25.2 Å². The fourth-order valence-corrected chi connectivity index (χ4v) is 2.86. The Kier molecular flexibility index (Phi) is 4.10. The number of rotatable bonds is 2. The van der Waals surface area contributed by atoms with Gasteiger partial charge in [-0.2, -0.15) is 5.10 Å². The van der Waals surface area contributed by atoms with Gasteiger partial charge in [0.2, 0.25) is 0 Å². The van der Waals surface area contributed by atoms with Crippen molar-refractivity contribution in [1.82, 2.24) is 14.7 Å². The van der Waals surface area contributed by atoms with E-state index in [0.29, 0.717) is 6.04 Å². The van der Waals surface area contributed by atoms with Crippen LogP contribution in [0.4, 0.5) is 0 Å². The number of nitrogens with zero attached hydrogens (tertiary/aromatic N) is 3. The minimum absolute atomic E-state index is 0.660. The summed E-state index contributed by atoms with van der Waals surface area (Å²) in [6.45, 7) is 6.50. The van der Waals surface area contributed by atoms with Gasteiger partial charge in [-0.25, -0.2) is 0 Å². The second-order valence-electron chi connectivity index (χ2n) is 5.15. The minimum Gasteiger partial charge on any atom is -0.296 e. The summed E-state index contributed by atoms with van der Waals surface area (Å²) < 4.78 is 1.77. The Morgan fingerprint density at radius 2 is 2.12 bits per heavy atom. The fourth-order valence-electron chi connectivity index (χ4n) is 2.63. The molecule has 0 spiro atoms. The standard InChI is InChI=1S/C13H22ClN3/c1-10-7-5-4-6-8-17(10)9-12-11(2)15-16(3)13(12)14/h10H,4-9H2,1-3H3. The summed E-state index contributed by atoms with van der Waals surface area (Å²) in [4.78, 5) is 2.54. The highest BCUT2D eigenvalue weighted by molar-refractivity contribution is 6.30. The van der Waals surface area contributed by atoms with Gasteiger partial charge in [0.1, 0.15) is 5.15 Å². The SMILES string of the molecule is Cc1nn(C)c(Cl)c1CN1CCCCCC1C. The monoisotopic (exact) mass is 255 g/mol. The van der Waals surface area contributed by atoms with Crippen molar-refractivity contribution in [1.29, 1.82) is 0 Å². The first-order valence-electron chi connectivity index (χ1n) is 6.51. The molecule has 0 aliphatic carbocycles. The summed E-state index contributed by atoms with van der Waals surface area (Å²) in [5, 5.41) is 5.17. The predicted octanol–water partition coefficient (Wildman–Crippen LogP) is 3.15. The van der Waals surface area contributed by atoms with Crippen molar-refractivity contribution in [2.75, 3.05) is 6.54 Å². The molecule has 1 aromatic rings. The maximum Gasteiger partial charge on any atom is 0.131 e. The van der Waals surface area contributed by atoms with Crippen LogP contribution in [0.5, 0.6) is 0 Å². The van der Waals surface area contributed by atoms with Gasteiger partial charge in [-0.1, -0.05) is 24.4 Å². The second kappa shape index (κ2) is 5.40. The molecule has 0 radical (unpaired) electrons. The molecule has 0 N–H and O–H groups in total. The van der Waals surface area contributed by atoms with Gasteiger partial charge >= 0.3 is 0 Å². The van der Waals surface area contributed by atoms with E-state index in [4.69, 9.17) is 11.6 Å². The third kappa shape index (κ3) is 2.83. The van der Waals surface area contributed by atoms with Crippen LogP contribution < -0.4 is 0 Å². The number of likely N-dealkylation sites (tertiary alicyclic amines) is 1. The lowest BCUT2D eigenvalue weighted by molar-refractivity contribution is 0.204. The van der Waals surface area contributed by atoms with E-state index < -0.39 is 0 Å². The Balaban J connectivity index is 2.13. The van der Waals surface area contributed by atoms with Crippen LogP contribution in [0.3, 0.4) is 0 Å². The molecule has 0 amide bonds. The zero-order valence-electron chi connectivity index (χ0n) is 11.0. The molecule has 17 heavy (non-hydrogen) atoms. The lowest BCUT2D eigenvalue weighted by atomic mass is 10.1. The van der Waals surface area contributed by atoms with Crippen LogP contribution in [0.2, 0.25) is 5.15 Å². The second-order valence-corrected chi connectivity index (χ2v) is 5.51. The summed E-state index contributed by atoms with van der Waals surface area (Å²) in [7, 11) is 1.91. The number of halogens is 1. The zero-order valence-corrected chi connectivity index (χ0v) is 11.8. The molecule has 1 aliphatic heterocycles. The average molecular weight is 256 g/mol. The molecule has 0 aromatic carbocycles. The topological polar surface area (TPSA) is 21.1 Å². The maximum absolute atomic E-state index is 6.30. The van der Waals surface area contributed by atoms with Crippen LogP contribution in [-0.2, 0) is 13.6 Å². The van der Waals surface area contributed by atoms with Crippen molar-refractivity contribution >= 4 is 11.6 Å². The van der Waals surface area contributed by atoms with Crippen LogP contribution in [0.1, 0.15) is 43.9 Å². The van der Waals surface area contributed by atoms with Gasteiger partial charge in [-0.3, -0.25) is 9.58 Å². The predicted molar refractivity (Wildman–Crippen MR) is 71.3 cm³/mol. The van der Waals surface area contributed by atoms with E-state index in [1.807, 2.05) is 14.0 Å². The van der Waals surface area contributed by atoms with Gasteiger partial charge in [-0.15, -0.1) is 0 Å². The first-order valence-corrected chi connectivity index (χ1v) is 6.89. The maximum atomic E-state index is 6.30. The lowest BCUT2D eigenvalue weighted by Gasteiger charge is -2.26. The minimum atomic E-state index is 0.660. The number of hydrogen-bond acceptors (Lipinski definition) is 2. The molecule has 2 heterocycles. The highest BCUT2D eigenvalue weighted by atomic mass is 35.5. The molecule has 0 bridgehead atoms. The van der Waals surface area contributed by atoms with Crippen molar-refractivity contribution in [3.05, 3.63) is 16.4 Å². The lowest BCUT2D eigenvalue weighted by Crippen LogP contribution is -2.32. The van der Waals surface area contributed by atoms with E-state index in [-0.39, 0.29) is 0 Å². The number of hydrogen-bond donors (Lipinski definition) is 0. The Labute approximate surface area is 109 Å². The highest BCUT2D eigenvalue weighted by Gasteiger charge is 2.20. The van der Waals surface area contributed by atoms with Crippen LogP contribution in [-0.4, -0.2) is 27.3 Å². The Morgan fingerprint density at radius 3 is 2.76 bits per heavy atom. The molecule has 96 valence electrons. The van der Waals surface area contributed by atoms with Crippen molar-refractivity contribution in [3.63, 3.8) is 0 Å². The summed E-state index contributed by atoms with van der Waals surface area (Å²) in [6, 6.07) is 0.660. The van der Waals surface area contributed by atoms with E-state index in [9.17, 15) is 0 Å². The van der Waals surface area contributed by atoms with Crippen LogP contribution in [0.15, 0.2) is 0 Å². The van der Waals surface area contributed by atoms with E-state index in [0.717, 1.165) is 17.4 Å². The smallest absolute Gasteiger partial charge is 0.131 e. The largest absolute Gasteiger partial charge is 0.296 e. The molecule has 4 heteroatoms. The van der Waals surface area contributed by atoms with Crippen LogP contribution in [0, 0.1) is 6.92 Å². The third-order valence-corrected chi connectivity index (χ3v) is 4.29. The van der Waals surface area contributed by atoms with E-state index in [2.05, 4.69) is 16.9 Å². The summed E-state index contributed by atoms with van der Waals surface area (Å²) in [6.07, 6.45) is 5.33. The van der Waals surface area contributed by atoms with Gasteiger partial charge in [0.25, 0.3) is 0 Å². The third-order valence-electron chi connectivity index (χ3n) is 3.82. The first-order chi connectivity index (χ1) is 8.09. The summed E-state index contributed by atoms with van der Waals surface area (Å²) in [5.41, 5.74) is 2.26. The van der Waals surface area contributed by atoms with Crippen molar-refractivity contribution < 1.29 is 0 Å². The molecule has 1 unspecified atom stereocenters. The average Bonchev–Trinajstić information content (AvgIpc) is 2.45. The van der Waals surface area contributed by atoms with Gasteiger partial charge in [0.05, 0.1) is 5.69 Å². The van der Waals surface area contributed by atoms with Crippen molar-refractivity contribution in [2.45, 2.75) is 52.1 Å². The van der Waals surface area contributed by atoms with Crippen molar-refractivity contribution in [2.24, 2.45) is 7.05 Å². The molecule has 1 saturated heterocycles. The van der Waals surface area contributed by atoms with Crippen molar-refractivity contribution in [3.8, 4) is 0 Å². The Hall–Kier alpha value is -0.540. The molecule has 0 saturated carbocycles. The molecule has 3 nitrogen and oxygen atoms in total. The van der Waals surface area contributed by atoms with Gasteiger partial charge < -0.3 is 0 Å². The molecular weight excluding hydrogens is 234 g/mol. The fraction of sp³-hybridized carbons (Fsp3) is 0.769. The normalized spacial score (nSPS) is 22.7. The zero-order chi connectivity index (χ0) is 12.4. The first kappa shape index (κ1) is 12.9. The number of aromatic nitrogens is 2. The van der Waals surface area contributed by atoms with E-state index >= 15 is 0 Å². The molecule has 1 fully saturated rings. The molecule has 1 aromatic heterocycles. The van der Waals surface area contributed by atoms with Crippen LogP contribution in [0.25, 0.3) is 0 Å². The van der Waals surface area contributed by atoms with Crippen LogP contribution >= 0.6 is 11.6 Å². The molecule has 1 aliphatic rings. The molecular formula is C13H22ClN3. The van der Waals surface area contributed by atoms with E-state index in [1.54, 1.807) is 4.68 Å².